The van der Waals surface area contributed by atoms with Gasteiger partial charge in [-0.15, -0.1) is 0 Å². The minimum absolute atomic E-state index is 0.141. The minimum atomic E-state index is -0.159. The van der Waals surface area contributed by atoms with Gasteiger partial charge in [-0.3, -0.25) is 19.2 Å². The molecule has 4 unspecified atom stereocenters. The van der Waals surface area contributed by atoms with Crippen molar-refractivity contribution in [1.82, 2.24) is 0 Å². The molecule has 114 heavy (non-hydrogen) atoms. The van der Waals surface area contributed by atoms with Crippen molar-refractivity contribution in [3.8, 4) is 23.0 Å². The fourth-order valence-corrected chi connectivity index (χ4v) is 16.8. The lowest BCUT2D eigenvalue weighted by Crippen LogP contribution is -2.21. The highest BCUT2D eigenvalue weighted by molar-refractivity contribution is 6.05. The van der Waals surface area contributed by atoms with Crippen LogP contribution in [0.25, 0.3) is 11.1 Å². The van der Waals surface area contributed by atoms with Crippen LogP contribution in [0.4, 0.5) is 0 Å². The Kier molecular flexibility index (Phi) is 61.4. The Bertz CT molecular complexity index is 2580. The first kappa shape index (κ1) is 101. The summed E-state index contributed by atoms with van der Waals surface area (Å²) in [5.74, 6) is 0.876. The molecule has 0 radical (unpaired) electrons. The van der Waals surface area contributed by atoms with Gasteiger partial charge in [-0.2, -0.15) is 0 Å². The number of ether oxygens (including phenoxy) is 4. The molecule has 0 aromatic heterocycles. The Hall–Kier alpha value is -5.50. The number of hydrogen-bond acceptors (Lipinski definition) is 8. The van der Waals surface area contributed by atoms with Crippen LogP contribution in [0.1, 0.15) is 489 Å². The second kappa shape index (κ2) is 69.5. The van der Waals surface area contributed by atoms with E-state index in [-0.39, 0.29) is 47.5 Å². The molecule has 0 saturated heterocycles. The highest BCUT2D eigenvalue weighted by atomic mass is 16.5. The summed E-state index contributed by atoms with van der Waals surface area (Å²) in [5, 5.41) is 0. The van der Waals surface area contributed by atoms with Crippen molar-refractivity contribution in [3.63, 3.8) is 0 Å². The average Bonchev–Trinajstić information content (AvgIpc) is 0.777. The van der Waals surface area contributed by atoms with Gasteiger partial charge in [0.15, 0.2) is 0 Å². The molecular weight excluding hydrogens is 1400 g/mol. The van der Waals surface area contributed by atoms with Crippen molar-refractivity contribution >= 4 is 35.0 Å². The van der Waals surface area contributed by atoms with E-state index in [9.17, 15) is 19.2 Å². The molecule has 0 saturated carbocycles. The van der Waals surface area contributed by atoms with Crippen molar-refractivity contribution in [2.45, 2.75) is 466 Å². The van der Waals surface area contributed by atoms with Crippen LogP contribution >= 0.6 is 0 Å². The summed E-state index contributed by atoms with van der Waals surface area (Å²) in [6.07, 6.45) is 74.2. The second-order valence-electron chi connectivity index (χ2n) is 34.6. The number of esters is 4. The summed E-state index contributed by atoms with van der Waals surface area (Å²) in [7, 11) is 0. The van der Waals surface area contributed by atoms with Crippen molar-refractivity contribution in [2.75, 3.05) is 0 Å². The van der Waals surface area contributed by atoms with Crippen LogP contribution in [0, 0.1) is 23.7 Å². The molecule has 0 amide bonds. The molecule has 4 atom stereocenters. The van der Waals surface area contributed by atoms with Gasteiger partial charge in [-0.05, 0) is 133 Å². The number of carbonyl (C=O) groups is 4. The van der Waals surface area contributed by atoms with E-state index in [0.717, 1.165) is 187 Å². The third-order valence-electron chi connectivity index (χ3n) is 24.3. The van der Waals surface area contributed by atoms with Crippen molar-refractivity contribution in [3.05, 3.63) is 119 Å². The third-order valence-corrected chi connectivity index (χ3v) is 24.3. The molecule has 8 heteroatoms. The quantitative estimate of drug-likeness (QED) is 0.0186. The van der Waals surface area contributed by atoms with Crippen LogP contribution in [0.3, 0.4) is 0 Å². The largest absolute Gasteiger partial charge is 0.426 e. The molecule has 4 aromatic rings. The molecule has 0 N–H and O–H groups in total. The number of benzene rings is 4. The monoisotopic (exact) mass is 1570 g/mol. The smallest absolute Gasteiger partial charge is 0.314 e. The second-order valence-corrected chi connectivity index (χ2v) is 34.6. The summed E-state index contributed by atoms with van der Waals surface area (Å²) in [6.45, 7) is 18.1. The van der Waals surface area contributed by atoms with E-state index in [2.05, 4.69) is 104 Å². The molecule has 0 heterocycles. The van der Waals surface area contributed by atoms with Crippen LogP contribution in [-0.4, -0.2) is 23.9 Å². The molecule has 0 spiro atoms. The van der Waals surface area contributed by atoms with E-state index in [1.807, 2.05) is 48.5 Å². The van der Waals surface area contributed by atoms with Crippen LogP contribution in [0.5, 0.6) is 23.0 Å². The first-order valence-corrected chi connectivity index (χ1v) is 49.1. The summed E-state index contributed by atoms with van der Waals surface area (Å²) in [5.41, 5.74) is 5.38. The molecule has 0 aliphatic rings. The van der Waals surface area contributed by atoms with Crippen molar-refractivity contribution < 1.29 is 38.1 Å². The zero-order valence-corrected chi connectivity index (χ0v) is 75.1. The number of rotatable bonds is 76. The van der Waals surface area contributed by atoms with E-state index < -0.39 is 0 Å². The lowest BCUT2D eigenvalue weighted by atomic mass is 9.85. The van der Waals surface area contributed by atoms with Gasteiger partial charge < -0.3 is 18.9 Å². The normalized spacial score (nSPS) is 12.5. The summed E-state index contributed by atoms with van der Waals surface area (Å²) in [4.78, 5) is 58.1. The summed E-state index contributed by atoms with van der Waals surface area (Å²) >= 11 is 0. The van der Waals surface area contributed by atoms with Crippen molar-refractivity contribution in [2.24, 2.45) is 23.7 Å². The van der Waals surface area contributed by atoms with Gasteiger partial charge in [0.25, 0.3) is 0 Å². The van der Waals surface area contributed by atoms with E-state index in [1.54, 1.807) is 0 Å². The topological polar surface area (TPSA) is 105 Å². The third kappa shape index (κ3) is 47.2. The van der Waals surface area contributed by atoms with E-state index in [0.29, 0.717) is 23.0 Å². The van der Waals surface area contributed by atoms with Crippen LogP contribution in [0.15, 0.2) is 97.1 Å². The van der Waals surface area contributed by atoms with E-state index in [1.165, 1.54) is 257 Å². The average molecular weight is 1570 g/mol. The number of unbranched alkanes of at least 4 members (excludes halogenated alkanes) is 48. The van der Waals surface area contributed by atoms with Crippen LogP contribution in [-0.2, 0) is 19.2 Å². The highest BCUT2D eigenvalue weighted by Gasteiger charge is 2.27. The molecule has 0 aliphatic heterocycles. The van der Waals surface area contributed by atoms with Gasteiger partial charge in [-0.1, -0.05) is 463 Å². The Morgan fingerprint density at radius 2 is 0.289 bits per heavy atom. The maximum absolute atomic E-state index is 14.5. The van der Waals surface area contributed by atoms with Crippen LogP contribution in [0.2, 0.25) is 0 Å². The fourth-order valence-electron chi connectivity index (χ4n) is 16.8. The number of carbonyl (C=O) groups excluding carboxylic acids is 4. The Morgan fingerprint density at radius 3 is 0.412 bits per heavy atom. The molecular formula is C106H172O8. The first-order chi connectivity index (χ1) is 56.0. The van der Waals surface area contributed by atoms with Gasteiger partial charge in [0.05, 0.1) is 23.7 Å². The maximum atomic E-state index is 14.5. The van der Waals surface area contributed by atoms with Gasteiger partial charge >= 0.3 is 23.9 Å². The van der Waals surface area contributed by atoms with Crippen LogP contribution < -0.4 is 18.9 Å². The molecule has 644 valence electrons. The maximum Gasteiger partial charge on any atom is 0.314 e. The predicted octanol–water partition coefficient (Wildman–Crippen LogP) is 33.9. The lowest BCUT2D eigenvalue weighted by molar-refractivity contribution is -0.140. The summed E-state index contributed by atoms with van der Waals surface area (Å²) in [6, 6.07) is 32.2. The van der Waals surface area contributed by atoms with Crippen molar-refractivity contribution in [1.29, 1.82) is 0 Å². The first-order valence-electron chi connectivity index (χ1n) is 49.1. The Morgan fingerprint density at radius 1 is 0.175 bits per heavy atom. The zero-order chi connectivity index (χ0) is 81.8. The molecule has 8 nitrogen and oxygen atoms in total. The fraction of sp³-hybridized carbons (Fsp3) is 0.717. The zero-order valence-electron chi connectivity index (χ0n) is 75.1. The molecule has 0 aliphatic carbocycles. The number of hydrogen-bond donors (Lipinski definition) is 0. The van der Waals surface area contributed by atoms with Gasteiger partial charge in [0.1, 0.15) is 23.0 Å². The summed E-state index contributed by atoms with van der Waals surface area (Å²) < 4.78 is 25.8. The SMILES string of the molecule is CCCCCCCCCCC(CCCCCCCC)C(=O)Oc1ccc(C(=C(c2ccc(OC(=O)C(CCCCCCCC)CCCCCCCCCC)cc2)c2ccc(OC(=O)C(CCCCCCCC)CCCCCCCCCC)cc2)c2ccc(OC(=O)C(CCCCCCCC)CCCCCCCCCC)cc2)cc1. The predicted molar refractivity (Wildman–Crippen MR) is 488 cm³/mol. The van der Waals surface area contributed by atoms with E-state index in [4.69, 9.17) is 18.9 Å². The Labute approximate surface area is 701 Å². The Balaban J connectivity index is 1.89. The molecule has 4 aromatic carbocycles. The van der Waals surface area contributed by atoms with Gasteiger partial charge in [-0.25, -0.2) is 0 Å². The molecule has 4 rings (SSSR count). The standard InChI is InChI=1S/C106H172O8/c1-9-17-25-33-41-45-53-61-69-93(65-57-49-37-29-21-13-5)103(107)111-97-81-73-89(74-82-97)101(90-75-83-98(84-76-90)112-104(108)94(66-58-50-38-30-22-14-6)70-62-54-46-42-34-26-18-10-2)102(91-77-85-99(86-78-91)113-105(109)95(67-59-51-39-31-23-15-7)71-63-55-47-43-35-27-19-11-3)92-79-87-100(88-80-92)114-106(110)96(68-60-52-40-32-24-16-8)72-64-56-48-44-36-28-20-12-4/h73-88,93-96H,9-72H2,1-8H3. The molecule has 0 fully saturated rings. The van der Waals surface area contributed by atoms with Gasteiger partial charge in [0, 0.05) is 0 Å². The highest BCUT2D eigenvalue weighted by Crippen LogP contribution is 2.40. The minimum Gasteiger partial charge on any atom is -0.426 e. The molecule has 0 bridgehead atoms. The van der Waals surface area contributed by atoms with E-state index >= 15 is 0 Å². The lowest BCUT2D eigenvalue weighted by Gasteiger charge is -2.20. The van der Waals surface area contributed by atoms with Gasteiger partial charge in [0.2, 0.25) is 0 Å².